The molecule has 25 heavy (non-hydrogen) atoms. The minimum absolute atomic E-state index is 0.0981. The summed E-state index contributed by atoms with van der Waals surface area (Å²) >= 11 is 0. The predicted octanol–water partition coefficient (Wildman–Crippen LogP) is 3.38. The maximum atomic E-state index is 12.0. The molecule has 0 spiro atoms. The summed E-state index contributed by atoms with van der Waals surface area (Å²) in [5.74, 6) is 0.937. The van der Waals surface area contributed by atoms with E-state index in [0.717, 1.165) is 34.6 Å². The second-order valence-electron chi connectivity index (χ2n) is 6.09. The van der Waals surface area contributed by atoms with E-state index in [-0.39, 0.29) is 12.0 Å². The van der Waals surface area contributed by atoms with Gasteiger partial charge in [0.1, 0.15) is 11.9 Å². The number of aryl methyl sites for hydroxylation is 1. The van der Waals surface area contributed by atoms with E-state index < -0.39 is 0 Å². The third kappa shape index (κ3) is 3.01. The van der Waals surface area contributed by atoms with Crippen LogP contribution >= 0.6 is 0 Å². The number of carbonyl (C=O) groups excluding carboxylic acids is 1. The minimum Gasteiger partial charge on any atom is -0.487 e. The number of amides is 1. The highest BCUT2D eigenvalue weighted by Gasteiger charge is 2.27. The lowest BCUT2D eigenvalue weighted by Crippen LogP contribution is -2.34. The fourth-order valence-corrected chi connectivity index (χ4v) is 3.11. The van der Waals surface area contributed by atoms with Crippen molar-refractivity contribution in [1.29, 1.82) is 0 Å². The van der Waals surface area contributed by atoms with Crippen LogP contribution in [0.3, 0.4) is 0 Å². The molecule has 1 aromatic carbocycles. The number of hydrogen-bond donors (Lipinski definition) is 1. The van der Waals surface area contributed by atoms with Crippen LogP contribution in [0.15, 0.2) is 59.3 Å². The lowest BCUT2D eigenvalue weighted by Gasteiger charge is -2.13. The number of aromatic nitrogens is 1. The van der Waals surface area contributed by atoms with Crippen LogP contribution in [-0.4, -0.2) is 23.5 Å². The zero-order valence-electron chi connectivity index (χ0n) is 13.9. The van der Waals surface area contributed by atoms with E-state index in [1.54, 1.807) is 18.3 Å². The molecule has 3 heterocycles. The number of fused-ring (bicyclic) bond motifs is 1. The van der Waals surface area contributed by atoms with Gasteiger partial charge in [-0.25, -0.2) is 0 Å². The Morgan fingerprint density at radius 1 is 1.24 bits per heavy atom. The molecule has 0 bridgehead atoms. The molecule has 2 aromatic heterocycles. The Balaban J connectivity index is 1.50. The van der Waals surface area contributed by atoms with Gasteiger partial charge in [0, 0.05) is 18.2 Å². The smallest absolute Gasteiger partial charge is 0.287 e. The number of nitrogens with zero attached hydrogens (tertiary/aromatic N) is 1. The number of hydrogen-bond acceptors (Lipinski definition) is 4. The van der Waals surface area contributed by atoms with Crippen molar-refractivity contribution in [3.8, 4) is 17.0 Å². The Labute approximate surface area is 145 Å². The highest BCUT2D eigenvalue weighted by Crippen LogP contribution is 2.38. The van der Waals surface area contributed by atoms with E-state index in [9.17, 15) is 4.79 Å². The molecule has 126 valence electrons. The lowest BCUT2D eigenvalue weighted by atomic mass is 10.0. The van der Waals surface area contributed by atoms with Crippen LogP contribution in [-0.2, 0) is 6.42 Å². The fourth-order valence-electron chi connectivity index (χ4n) is 3.11. The summed E-state index contributed by atoms with van der Waals surface area (Å²) in [6, 6.07) is 13.4. The summed E-state index contributed by atoms with van der Waals surface area (Å²) in [7, 11) is 0. The molecule has 0 radical (unpaired) electrons. The largest absolute Gasteiger partial charge is 0.487 e. The minimum atomic E-state index is -0.231. The summed E-state index contributed by atoms with van der Waals surface area (Å²) < 4.78 is 11.2. The topological polar surface area (TPSA) is 64.4 Å². The van der Waals surface area contributed by atoms with Crippen LogP contribution in [0.1, 0.15) is 21.7 Å². The van der Waals surface area contributed by atoms with Gasteiger partial charge in [0.05, 0.1) is 18.5 Å². The number of benzene rings is 1. The van der Waals surface area contributed by atoms with Crippen LogP contribution in [0.5, 0.6) is 5.75 Å². The number of para-hydroxylation sites is 1. The number of ether oxygens (including phenoxy) is 1. The van der Waals surface area contributed by atoms with Crippen molar-refractivity contribution in [2.45, 2.75) is 19.4 Å². The molecule has 0 saturated heterocycles. The standard InChI is InChI=1S/C20H18N2O3/c1-13-5-3-9-21-18(13)16-7-2-6-14-11-15(25-19(14)16)12-22-20(23)17-8-4-10-24-17/h2-10,15H,11-12H2,1H3,(H,22,23)/t15-/m1/s1. The van der Waals surface area contributed by atoms with Crippen molar-refractivity contribution >= 4 is 5.91 Å². The van der Waals surface area contributed by atoms with Crippen LogP contribution in [0.2, 0.25) is 0 Å². The molecule has 1 aliphatic heterocycles. The summed E-state index contributed by atoms with van der Waals surface area (Å²) in [5.41, 5.74) is 4.17. The second-order valence-corrected chi connectivity index (χ2v) is 6.09. The molecule has 1 amide bonds. The van der Waals surface area contributed by atoms with Gasteiger partial charge in [-0.3, -0.25) is 9.78 Å². The Morgan fingerprint density at radius 3 is 2.96 bits per heavy atom. The van der Waals surface area contributed by atoms with E-state index >= 15 is 0 Å². The molecule has 0 saturated carbocycles. The SMILES string of the molecule is Cc1cccnc1-c1cccc2c1O[C@@H](CNC(=O)c1ccco1)C2. The molecule has 1 N–H and O–H groups in total. The fraction of sp³-hybridized carbons (Fsp3) is 0.200. The van der Waals surface area contributed by atoms with Crippen LogP contribution in [0.25, 0.3) is 11.3 Å². The zero-order valence-corrected chi connectivity index (χ0v) is 13.9. The first-order chi connectivity index (χ1) is 12.2. The molecule has 0 unspecified atom stereocenters. The molecule has 3 aromatic rings. The monoisotopic (exact) mass is 334 g/mol. The molecular weight excluding hydrogens is 316 g/mol. The number of pyridine rings is 1. The molecule has 5 nitrogen and oxygen atoms in total. The molecule has 0 fully saturated rings. The van der Waals surface area contributed by atoms with Crippen LogP contribution < -0.4 is 10.1 Å². The Bertz CT molecular complexity index is 903. The zero-order chi connectivity index (χ0) is 17.2. The van der Waals surface area contributed by atoms with Gasteiger partial charge in [-0.15, -0.1) is 0 Å². The quantitative estimate of drug-likeness (QED) is 0.794. The average molecular weight is 334 g/mol. The van der Waals surface area contributed by atoms with Crippen LogP contribution in [0, 0.1) is 6.92 Å². The molecule has 0 aliphatic carbocycles. The summed E-state index contributed by atoms with van der Waals surface area (Å²) in [5, 5.41) is 2.86. The first-order valence-electron chi connectivity index (χ1n) is 8.24. The van der Waals surface area contributed by atoms with E-state index in [2.05, 4.69) is 16.4 Å². The van der Waals surface area contributed by atoms with Gasteiger partial charge in [-0.1, -0.05) is 18.2 Å². The van der Waals surface area contributed by atoms with Crippen molar-refractivity contribution < 1.29 is 13.9 Å². The second kappa shape index (κ2) is 6.43. The Morgan fingerprint density at radius 2 is 2.16 bits per heavy atom. The number of nitrogens with one attached hydrogen (secondary N) is 1. The average Bonchev–Trinajstić information content (AvgIpc) is 3.29. The normalized spacial score (nSPS) is 15.5. The van der Waals surface area contributed by atoms with E-state index in [4.69, 9.17) is 9.15 Å². The van der Waals surface area contributed by atoms with Crippen LogP contribution in [0.4, 0.5) is 0 Å². The number of carbonyl (C=O) groups is 1. The maximum Gasteiger partial charge on any atom is 0.287 e. The van der Waals surface area contributed by atoms with E-state index in [1.165, 1.54) is 6.26 Å². The molecule has 1 atom stereocenters. The summed E-state index contributed by atoms with van der Waals surface area (Å²) in [4.78, 5) is 16.5. The number of rotatable bonds is 4. The van der Waals surface area contributed by atoms with Crippen molar-refractivity contribution in [1.82, 2.24) is 10.3 Å². The Hall–Kier alpha value is -3.08. The van der Waals surface area contributed by atoms with Crippen molar-refractivity contribution in [2.75, 3.05) is 6.54 Å². The maximum absolute atomic E-state index is 12.0. The first kappa shape index (κ1) is 15.4. The molecular formula is C20H18N2O3. The highest BCUT2D eigenvalue weighted by molar-refractivity contribution is 5.91. The van der Waals surface area contributed by atoms with Gasteiger partial charge in [0.15, 0.2) is 5.76 Å². The van der Waals surface area contributed by atoms with Gasteiger partial charge in [-0.05, 0) is 42.3 Å². The molecule has 4 rings (SSSR count). The summed E-state index contributed by atoms with van der Waals surface area (Å²) in [6.45, 7) is 2.46. The van der Waals surface area contributed by atoms with Crippen molar-refractivity contribution in [3.63, 3.8) is 0 Å². The third-order valence-electron chi connectivity index (χ3n) is 4.33. The third-order valence-corrected chi connectivity index (χ3v) is 4.33. The van der Waals surface area contributed by atoms with Gasteiger partial charge >= 0.3 is 0 Å². The summed E-state index contributed by atoms with van der Waals surface area (Å²) in [6.07, 6.45) is 3.93. The first-order valence-corrected chi connectivity index (χ1v) is 8.24. The van der Waals surface area contributed by atoms with Gasteiger partial charge in [0.25, 0.3) is 5.91 Å². The van der Waals surface area contributed by atoms with Gasteiger partial charge in [-0.2, -0.15) is 0 Å². The Kier molecular flexibility index (Phi) is 3.98. The number of furan rings is 1. The van der Waals surface area contributed by atoms with E-state index in [0.29, 0.717) is 12.3 Å². The highest BCUT2D eigenvalue weighted by atomic mass is 16.5. The van der Waals surface area contributed by atoms with E-state index in [1.807, 2.05) is 31.2 Å². The van der Waals surface area contributed by atoms with Gasteiger partial charge < -0.3 is 14.5 Å². The molecule has 5 heteroatoms. The van der Waals surface area contributed by atoms with Gasteiger partial charge in [0.2, 0.25) is 0 Å². The predicted molar refractivity (Wildman–Crippen MR) is 93.6 cm³/mol. The lowest BCUT2D eigenvalue weighted by molar-refractivity contribution is 0.0906. The van der Waals surface area contributed by atoms with Crippen molar-refractivity contribution in [2.24, 2.45) is 0 Å². The van der Waals surface area contributed by atoms with Crippen molar-refractivity contribution in [3.05, 3.63) is 71.8 Å². The molecule has 1 aliphatic rings.